The van der Waals surface area contributed by atoms with Crippen molar-refractivity contribution in [2.45, 2.75) is 19.5 Å². The third-order valence-corrected chi connectivity index (χ3v) is 4.24. The normalized spacial score (nSPS) is 14.3. The van der Waals surface area contributed by atoms with Gasteiger partial charge in [-0.1, -0.05) is 30.3 Å². The van der Waals surface area contributed by atoms with Crippen LogP contribution in [0.3, 0.4) is 0 Å². The number of hydrogen-bond donors (Lipinski definition) is 2. The van der Waals surface area contributed by atoms with Crippen LogP contribution in [0.4, 0.5) is 5.82 Å². The highest BCUT2D eigenvalue weighted by molar-refractivity contribution is 6.02. The molecule has 6 nitrogen and oxygen atoms in total. The van der Waals surface area contributed by atoms with Gasteiger partial charge in [0.15, 0.2) is 11.6 Å². The number of rotatable bonds is 4. The molecule has 0 radical (unpaired) electrons. The van der Waals surface area contributed by atoms with E-state index in [9.17, 15) is 4.79 Å². The van der Waals surface area contributed by atoms with Crippen LogP contribution in [0.1, 0.15) is 27.4 Å². The number of aromatic nitrogens is 2. The molecule has 0 saturated heterocycles. The van der Waals surface area contributed by atoms with Crippen molar-refractivity contribution in [1.29, 1.82) is 0 Å². The zero-order valence-electron chi connectivity index (χ0n) is 13.2. The summed E-state index contributed by atoms with van der Waals surface area (Å²) < 4.78 is 5.11. The quantitative estimate of drug-likeness (QED) is 0.774. The lowest BCUT2D eigenvalue weighted by Gasteiger charge is -2.26. The Morgan fingerprint density at radius 1 is 1.25 bits per heavy atom. The molecule has 4 rings (SSSR count). The van der Waals surface area contributed by atoms with Crippen LogP contribution in [-0.4, -0.2) is 27.5 Å². The molecule has 1 amide bonds. The average molecular weight is 322 g/mol. The van der Waals surface area contributed by atoms with Gasteiger partial charge in [-0.3, -0.25) is 14.8 Å². The summed E-state index contributed by atoms with van der Waals surface area (Å²) in [5, 5.41) is 10.1. The van der Waals surface area contributed by atoms with Gasteiger partial charge in [-0.2, -0.15) is 5.10 Å². The van der Waals surface area contributed by atoms with Crippen LogP contribution in [0, 0.1) is 0 Å². The van der Waals surface area contributed by atoms with Crippen molar-refractivity contribution in [2.75, 3.05) is 11.9 Å². The Kier molecular flexibility index (Phi) is 3.88. The van der Waals surface area contributed by atoms with Crippen LogP contribution in [0.25, 0.3) is 0 Å². The van der Waals surface area contributed by atoms with Gasteiger partial charge >= 0.3 is 0 Å². The zero-order chi connectivity index (χ0) is 16.4. The maximum atomic E-state index is 12.1. The summed E-state index contributed by atoms with van der Waals surface area (Å²) in [6.07, 6.45) is 2.34. The molecule has 1 aliphatic heterocycles. The highest BCUT2D eigenvalue weighted by Gasteiger charge is 2.23. The van der Waals surface area contributed by atoms with Gasteiger partial charge in [0.2, 0.25) is 0 Å². The average Bonchev–Trinajstić information content (AvgIpc) is 3.26. The van der Waals surface area contributed by atoms with E-state index in [4.69, 9.17) is 4.42 Å². The van der Waals surface area contributed by atoms with Crippen molar-refractivity contribution < 1.29 is 9.21 Å². The Bertz CT molecular complexity index is 824. The highest BCUT2D eigenvalue weighted by Crippen LogP contribution is 2.25. The molecular formula is C18H18N4O2. The largest absolute Gasteiger partial charge is 0.459 e. The van der Waals surface area contributed by atoms with Gasteiger partial charge < -0.3 is 9.73 Å². The predicted octanol–water partition coefficient (Wildman–Crippen LogP) is 2.81. The molecule has 2 aromatic heterocycles. The van der Waals surface area contributed by atoms with Crippen molar-refractivity contribution in [3.8, 4) is 0 Å². The lowest BCUT2D eigenvalue weighted by atomic mass is 10.1. The fraction of sp³-hybridized carbons (Fsp3) is 0.222. The summed E-state index contributed by atoms with van der Waals surface area (Å²) in [6.45, 7) is 2.65. The van der Waals surface area contributed by atoms with Gasteiger partial charge in [0.1, 0.15) is 0 Å². The SMILES string of the molecule is O=C(Nc1n[nH]c2c1CCN(Cc1ccccc1)C2)c1ccco1. The van der Waals surface area contributed by atoms with Crippen molar-refractivity contribution in [3.05, 3.63) is 71.3 Å². The number of amides is 1. The lowest BCUT2D eigenvalue weighted by Crippen LogP contribution is -2.30. The second-order valence-corrected chi connectivity index (χ2v) is 5.91. The van der Waals surface area contributed by atoms with E-state index >= 15 is 0 Å². The molecule has 1 aliphatic rings. The van der Waals surface area contributed by atoms with E-state index in [1.807, 2.05) is 6.07 Å². The van der Waals surface area contributed by atoms with E-state index in [0.717, 1.165) is 37.3 Å². The number of furan rings is 1. The Labute approximate surface area is 139 Å². The van der Waals surface area contributed by atoms with Gasteiger partial charge in [-0.05, 0) is 24.1 Å². The molecule has 0 saturated carbocycles. The minimum Gasteiger partial charge on any atom is -0.459 e. The van der Waals surface area contributed by atoms with Gasteiger partial charge in [0.05, 0.1) is 12.0 Å². The molecule has 24 heavy (non-hydrogen) atoms. The molecule has 0 spiro atoms. The zero-order valence-corrected chi connectivity index (χ0v) is 13.2. The first-order chi connectivity index (χ1) is 11.8. The fourth-order valence-corrected chi connectivity index (χ4v) is 3.03. The van der Waals surface area contributed by atoms with Crippen LogP contribution in [0.2, 0.25) is 0 Å². The van der Waals surface area contributed by atoms with Gasteiger partial charge in [0.25, 0.3) is 5.91 Å². The van der Waals surface area contributed by atoms with Crippen LogP contribution < -0.4 is 5.32 Å². The minimum atomic E-state index is -0.277. The summed E-state index contributed by atoms with van der Waals surface area (Å²) in [5.74, 6) is 0.611. The first-order valence-electron chi connectivity index (χ1n) is 7.97. The maximum absolute atomic E-state index is 12.1. The van der Waals surface area contributed by atoms with Crippen molar-refractivity contribution in [3.63, 3.8) is 0 Å². The second-order valence-electron chi connectivity index (χ2n) is 5.91. The van der Waals surface area contributed by atoms with Crippen molar-refractivity contribution in [1.82, 2.24) is 15.1 Å². The topological polar surface area (TPSA) is 74.2 Å². The molecule has 6 heteroatoms. The summed E-state index contributed by atoms with van der Waals surface area (Å²) in [7, 11) is 0. The van der Waals surface area contributed by atoms with Gasteiger partial charge in [-0.15, -0.1) is 0 Å². The summed E-state index contributed by atoms with van der Waals surface area (Å²) in [6, 6.07) is 13.7. The third kappa shape index (κ3) is 2.96. The number of anilines is 1. The lowest BCUT2D eigenvalue weighted by molar-refractivity contribution is 0.0996. The van der Waals surface area contributed by atoms with Crippen LogP contribution in [0.5, 0.6) is 0 Å². The molecular weight excluding hydrogens is 304 g/mol. The summed E-state index contributed by atoms with van der Waals surface area (Å²) in [5.41, 5.74) is 3.44. The number of carbonyl (C=O) groups excluding carboxylic acids is 1. The monoisotopic (exact) mass is 322 g/mol. The number of carbonyl (C=O) groups is 1. The molecule has 0 bridgehead atoms. The Morgan fingerprint density at radius 3 is 2.92 bits per heavy atom. The number of nitrogens with zero attached hydrogens (tertiary/aromatic N) is 2. The first-order valence-corrected chi connectivity index (χ1v) is 7.97. The third-order valence-electron chi connectivity index (χ3n) is 4.24. The van der Waals surface area contributed by atoms with Crippen LogP contribution in [0.15, 0.2) is 53.1 Å². The fourth-order valence-electron chi connectivity index (χ4n) is 3.03. The minimum absolute atomic E-state index is 0.277. The number of aromatic amines is 1. The van der Waals surface area contributed by atoms with Gasteiger partial charge in [0, 0.05) is 25.2 Å². The van der Waals surface area contributed by atoms with Crippen LogP contribution in [-0.2, 0) is 19.5 Å². The molecule has 3 aromatic rings. The Hall–Kier alpha value is -2.86. The smallest absolute Gasteiger partial charge is 0.292 e. The van der Waals surface area contributed by atoms with E-state index in [2.05, 4.69) is 44.7 Å². The van der Waals surface area contributed by atoms with Crippen molar-refractivity contribution >= 4 is 11.7 Å². The summed E-state index contributed by atoms with van der Waals surface area (Å²) >= 11 is 0. The molecule has 0 aliphatic carbocycles. The number of nitrogens with one attached hydrogen (secondary N) is 2. The van der Waals surface area contributed by atoms with Crippen LogP contribution >= 0.6 is 0 Å². The first kappa shape index (κ1) is 14.7. The number of H-pyrrole nitrogens is 1. The maximum Gasteiger partial charge on any atom is 0.292 e. The van der Waals surface area contributed by atoms with E-state index < -0.39 is 0 Å². The van der Waals surface area contributed by atoms with E-state index in [1.165, 1.54) is 11.8 Å². The standard InChI is InChI=1S/C18H18N4O2/c23-18(16-7-4-10-24-16)19-17-14-8-9-22(12-15(14)20-21-17)11-13-5-2-1-3-6-13/h1-7,10H,8-9,11-12H2,(H2,19,20,21,23). The number of fused-ring (bicyclic) bond motifs is 1. The highest BCUT2D eigenvalue weighted by atomic mass is 16.3. The molecule has 0 atom stereocenters. The van der Waals surface area contributed by atoms with E-state index in [-0.39, 0.29) is 11.7 Å². The molecule has 0 unspecified atom stereocenters. The number of hydrogen-bond acceptors (Lipinski definition) is 4. The molecule has 0 fully saturated rings. The second kappa shape index (κ2) is 6.33. The molecule has 1 aromatic carbocycles. The van der Waals surface area contributed by atoms with E-state index in [1.54, 1.807) is 12.1 Å². The Morgan fingerprint density at radius 2 is 2.12 bits per heavy atom. The number of benzene rings is 1. The predicted molar refractivity (Wildman–Crippen MR) is 89.5 cm³/mol. The Balaban J connectivity index is 1.44. The summed E-state index contributed by atoms with van der Waals surface area (Å²) in [4.78, 5) is 14.5. The van der Waals surface area contributed by atoms with Gasteiger partial charge in [-0.25, -0.2) is 0 Å². The molecule has 2 N–H and O–H groups in total. The molecule has 3 heterocycles. The van der Waals surface area contributed by atoms with Crippen molar-refractivity contribution in [2.24, 2.45) is 0 Å². The van der Waals surface area contributed by atoms with E-state index in [0.29, 0.717) is 5.82 Å². The molecule has 122 valence electrons.